The van der Waals surface area contributed by atoms with Crippen LogP contribution in [0.15, 0.2) is 18.5 Å². The molecular weight excluding hydrogens is 623 g/mol. The molecule has 0 aromatic carbocycles. The van der Waals surface area contributed by atoms with E-state index >= 15 is 0 Å². The predicted octanol–water partition coefficient (Wildman–Crippen LogP) is 2.40. The van der Waals surface area contributed by atoms with Gasteiger partial charge in [-0.05, 0) is 42.4 Å². The highest BCUT2D eigenvalue weighted by molar-refractivity contribution is 7.36. The Kier molecular flexibility index (Phi) is 11.6. The van der Waals surface area contributed by atoms with Crippen molar-refractivity contribution in [2.75, 3.05) is 32.2 Å². The average molecular weight is 664 g/mol. The van der Waals surface area contributed by atoms with Crippen LogP contribution in [0.25, 0.3) is 5.52 Å². The first-order valence-electron chi connectivity index (χ1n) is 15.1. The Morgan fingerprint density at radius 3 is 2.46 bits per heavy atom. The molecule has 2 aliphatic rings. The molecule has 6 atom stereocenters. The summed E-state index contributed by atoms with van der Waals surface area (Å²) in [6.07, 6.45) is -1.30. The second-order valence-electron chi connectivity index (χ2n) is 11.9. The monoisotopic (exact) mass is 663 g/mol. The molecule has 4 heterocycles. The van der Waals surface area contributed by atoms with E-state index in [9.17, 15) is 24.2 Å². The molecule has 2 aromatic heterocycles. The quantitative estimate of drug-likeness (QED) is 0.179. The summed E-state index contributed by atoms with van der Waals surface area (Å²) in [5, 5.41) is 17.3. The van der Waals surface area contributed by atoms with Gasteiger partial charge in [0.25, 0.3) is 0 Å². The van der Waals surface area contributed by atoms with Crippen molar-refractivity contribution in [3.8, 4) is 6.07 Å². The van der Waals surface area contributed by atoms with Crippen molar-refractivity contribution in [2.24, 2.45) is 17.8 Å². The number of carbonyl (C=O) groups excluding carboxylic acids is 3. The number of hydrogen-bond acceptors (Lipinski definition) is 14. The van der Waals surface area contributed by atoms with Gasteiger partial charge < -0.3 is 29.4 Å². The minimum Gasteiger partial charge on any atom is -0.464 e. The number of ether oxygens (including phenoxy) is 5. The maximum absolute atomic E-state index is 13.0. The van der Waals surface area contributed by atoms with Crippen LogP contribution in [-0.4, -0.2) is 82.8 Å². The maximum Gasteiger partial charge on any atom is 0.613 e. The number of nitrogens with one attached hydrogen (secondary N) is 1. The van der Waals surface area contributed by atoms with Gasteiger partial charge in [-0.15, -0.1) is 4.52 Å². The fraction of sp³-hybridized carbons (Fsp3) is 0.655. The van der Waals surface area contributed by atoms with E-state index in [0.29, 0.717) is 24.4 Å². The Hall–Kier alpha value is -3.74. The molecule has 0 spiro atoms. The Balaban J connectivity index is 1.58. The average Bonchev–Trinajstić information content (AvgIpc) is 3.59. The third-order valence-electron chi connectivity index (χ3n) is 7.67. The lowest BCUT2D eigenvalue weighted by molar-refractivity contribution is -0.173. The molecule has 250 valence electrons. The van der Waals surface area contributed by atoms with Crippen LogP contribution in [0.3, 0.4) is 0 Å². The SMILES string of the molecule is CC(C)C(=O)O[C@H]1[C@H](c2ccc3c(N)ncnn23)O[C@](C#N)(CO[P+](=O)N[C@@H](C)C(=O)OCC2CCOCC2)[C@H]1OC(=O)C(C)C. The summed E-state index contributed by atoms with van der Waals surface area (Å²) >= 11 is 0. The number of nitrogen functional groups attached to an aromatic ring is 1. The zero-order valence-electron chi connectivity index (χ0n) is 26.4. The fourth-order valence-corrected chi connectivity index (χ4v) is 5.70. The highest BCUT2D eigenvalue weighted by Gasteiger charge is 2.62. The topological polar surface area (TPSA) is 216 Å². The molecule has 17 heteroatoms. The molecule has 2 aromatic rings. The van der Waals surface area contributed by atoms with E-state index in [1.165, 1.54) is 17.8 Å². The van der Waals surface area contributed by atoms with Crippen LogP contribution in [0.4, 0.5) is 5.82 Å². The number of fused-ring (bicyclic) bond motifs is 1. The second kappa shape index (κ2) is 15.2. The van der Waals surface area contributed by atoms with Gasteiger partial charge in [-0.25, -0.2) is 9.50 Å². The van der Waals surface area contributed by atoms with Crippen molar-refractivity contribution >= 4 is 37.4 Å². The lowest BCUT2D eigenvalue weighted by atomic mass is 9.95. The first-order valence-corrected chi connectivity index (χ1v) is 16.2. The molecule has 46 heavy (non-hydrogen) atoms. The van der Waals surface area contributed by atoms with E-state index in [-0.39, 0.29) is 18.3 Å². The second-order valence-corrected chi connectivity index (χ2v) is 12.9. The normalized spacial score (nSPS) is 24.5. The summed E-state index contributed by atoms with van der Waals surface area (Å²) in [5.74, 6) is -2.83. The van der Waals surface area contributed by atoms with Gasteiger partial charge in [0.05, 0.1) is 24.1 Å². The number of rotatable bonds is 13. The molecule has 0 bridgehead atoms. The largest absolute Gasteiger partial charge is 0.613 e. The van der Waals surface area contributed by atoms with Gasteiger partial charge in [-0.3, -0.25) is 14.4 Å². The first-order chi connectivity index (χ1) is 21.9. The summed E-state index contributed by atoms with van der Waals surface area (Å²) in [4.78, 5) is 42.3. The van der Waals surface area contributed by atoms with Gasteiger partial charge in [0.2, 0.25) is 5.60 Å². The van der Waals surface area contributed by atoms with Crippen molar-refractivity contribution in [1.82, 2.24) is 19.7 Å². The van der Waals surface area contributed by atoms with Gasteiger partial charge in [-0.1, -0.05) is 32.8 Å². The predicted molar refractivity (Wildman–Crippen MR) is 160 cm³/mol. The van der Waals surface area contributed by atoms with Crippen molar-refractivity contribution < 1.29 is 47.2 Å². The number of nitrogens with two attached hydrogens (primary N) is 1. The van der Waals surface area contributed by atoms with E-state index in [0.717, 1.165) is 12.8 Å². The minimum atomic E-state index is -2.76. The van der Waals surface area contributed by atoms with Gasteiger partial charge in [0, 0.05) is 13.2 Å². The van der Waals surface area contributed by atoms with Crippen LogP contribution in [0.2, 0.25) is 0 Å². The molecule has 0 amide bonds. The maximum atomic E-state index is 13.0. The number of nitriles is 1. The molecule has 2 aliphatic heterocycles. The van der Waals surface area contributed by atoms with Crippen molar-refractivity contribution in [2.45, 2.75) is 77.4 Å². The molecule has 3 N–H and O–H groups in total. The Bertz CT molecular complexity index is 1470. The Morgan fingerprint density at radius 1 is 1.13 bits per heavy atom. The van der Waals surface area contributed by atoms with Crippen LogP contribution in [0, 0.1) is 29.1 Å². The van der Waals surface area contributed by atoms with Crippen LogP contribution in [0.1, 0.15) is 59.3 Å². The van der Waals surface area contributed by atoms with Crippen molar-refractivity contribution in [3.63, 3.8) is 0 Å². The van der Waals surface area contributed by atoms with E-state index in [2.05, 4.69) is 15.2 Å². The number of esters is 3. The van der Waals surface area contributed by atoms with Crippen LogP contribution in [-0.2, 0) is 47.2 Å². The lowest BCUT2D eigenvalue weighted by Gasteiger charge is -2.28. The van der Waals surface area contributed by atoms with E-state index in [1.54, 1.807) is 39.8 Å². The molecule has 0 radical (unpaired) electrons. The molecular formula is C29H40N6O10P+. The van der Waals surface area contributed by atoms with Gasteiger partial charge >= 0.3 is 26.1 Å². The molecule has 0 aliphatic carbocycles. The molecule has 2 fully saturated rings. The summed E-state index contributed by atoms with van der Waals surface area (Å²) < 4.78 is 48.5. The van der Waals surface area contributed by atoms with Gasteiger partial charge in [0.1, 0.15) is 30.1 Å². The highest BCUT2D eigenvalue weighted by atomic mass is 31.1. The Labute approximate surface area is 267 Å². The number of aromatic nitrogens is 3. The van der Waals surface area contributed by atoms with Gasteiger partial charge in [0.15, 0.2) is 24.6 Å². The fourth-order valence-electron chi connectivity index (χ4n) is 4.90. The minimum absolute atomic E-state index is 0.163. The number of nitrogens with zero attached hydrogens (tertiary/aromatic N) is 4. The third kappa shape index (κ3) is 7.97. The highest BCUT2D eigenvalue weighted by Crippen LogP contribution is 2.45. The van der Waals surface area contributed by atoms with Crippen LogP contribution < -0.4 is 10.8 Å². The van der Waals surface area contributed by atoms with Crippen molar-refractivity contribution in [3.05, 3.63) is 24.2 Å². The van der Waals surface area contributed by atoms with E-state index in [4.69, 9.17) is 33.9 Å². The van der Waals surface area contributed by atoms with E-state index in [1.807, 2.05) is 6.07 Å². The summed E-state index contributed by atoms with van der Waals surface area (Å²) in [5.41, 5.74) is 4.63. The first kappa shape index (κ1) is 35.1. The zero-order valence-corrected chi connectivity index (χ0v) is 27.3. The summed E-state index contributed by atoms with van der Waals surface area (Å²) in [6, 6.07) is 4.22. The molecule has 1 unspecified atom stereocenters. The van der Waals surface area contributed by atoms with E-state index < -0.39 is 74.5 Å². The number of anilines is 1. The van der Waals surface area contributed by atoms with Crippen molar-refractivity contribution in [1.29, 1.82) is 5.26 Å². The number of hydrogen-bond donors (Lipinski definition) is 2. The molecule has 4 rings (SSSR count). The Morgan fingerprint density at radius 2 is 1.80 bits per heavy atom. The van der Waals surface area contributed by atoms with Gasteiger partial charge in [-0.2, -0.15) is 10.4 Å². The van der Waals surface area contributed by atoms with Crippen LogP contribution in [0.5, 0.6) is 0 Å². The third-order valence-corrected chi connectivity index (χ3v) is 8.64. The van der Waals surface area contributed by atoms with Crippen LogP contribution >= 0.6 is 8.18 Å². The smallest absolute Gasteiger partial charge is 0.464 e. The summed E-state index contributed by atoms with van der Waals surface area (Å²) in [6.45, 7) is 8.62. The molecule has 2 saturated heterocycles. The molecule has 16 nitrogen and oxygen atoms in total. The standard InChI is InChI=1S/C29H40N6O10P/c1-16(2)26(36)43-23-22(20-6-7-21-25(31)32-15-33-35(20)21)45-29(13-30,24(23)44-27(37)17(3)4)14-42-46(39)34-18(5)28(38)41-12-19-8-10-40-11-9-19/h6-7,15-19,22-24H,8-12,14H2,1-5H3,(H,34,39)(H2,31,32,33)/q+1/t18-,22-,23-,24-,29+/m0/s1. The number of carbonyl (C=O) groups is 3. The lowest BCUT2D eigenvalue weighted by Crippen LogP contribution is -2.50. The molecule has 0 saturated carbocycles. The zero-order chi connectivity index (χ0) is 33.6. The summed E-state index contributed by atoms with van der Waals surface area (Å²) in [7, 11) is -2.76.